The third-order valence-corrected chi connectivity index (χ3v) is 5.91. The molecule has 3 rings (SSSR count). The third-order valence-electron chi connectivity index (χ3n) is 5.91. The van der Waals surface area contributed by atoms with Crippen molar-refractivity contribution in [2.75, 3.05) is 0 Å². The van der Waals surface area contributed by atoms with Gasteiger partial charge < -0.3 is 10.2 Å². The van der Waals surface area contributed by atoms with Crippen molar-refractivity contribution in [1.82, 2.24) is 10.2 Å². The lowest BCUT2D eigenvalue weighted by Gasteiger charge is -2.30. The van der Waals surface area contributed by atoms with Crippen LogP contribution in [0.1, 0.15) is 54.9 Å². The number of hydrogen-bond donors (Lipinski definition) is 1. The molecule has 1 unspecified atom stereocenters. The van der Waals surface area contributed by atoms with Gasteiger partial charge >= 0.3 is 0 Å². The van der Waals surface area contributed by atoms with Gasteiger partial charge in [-0.1, -0.05) is 66.9 Å². The fourth-order valence-corrected chi connectivity index (χ4v) is 4.01. The Hall–Kier alpha value is -2.62. The molecule has 2 aromatic rings. The molecule has 0 bridgehead atoms. The Kier molecular flexibility index (Phi) is 7.08. The third kappa shape index (κ3) is 5.69. The van der Waals surface area contributed by atoms with E-state index in [1.165, 1.54) is 12.8 Å². The van der Waals surface area contributed by atoms with Gasteiger partial charge in [0, 0.05) is 12.6 Å². The van der Waals surface area contributed by atoms with E-state index in [2.05, 4.69) is 23.5 Å². The number of rotatable bonds is 7. The quantitative estimate of drug-likeness (QED) is 0.763. The van der Waals surface area contributed by atoms with Crippen LogP contribution in [0.5, 0.6) is 0 Å². The predicted molar refractivity (Wildman–Crippen MR) is 116 cm³/mol. The molecule has 0 aliphatic heterocycles. The summed E-state index contributed by atoms with van der Waals surface area (Å²) in [6.07, 6.45) is 4.71. The fourth-order valence-electron chi connectivity index (χ4n) is 4.01. The highest BCUT2D eigenvalue weighted by Gasteiger charge is 2.28. The Morgan fingerprint density at radius 1 is 1.07 bits per heavy atom. The highest BCUT2D eigenvalue weighted by atomic mass is 16.2. The van der Waals surface area contributed by atoms with Crippen LogP contribution in [0.15, 0.2) is 48.5 Å². The van der Waals surface area contributed by atoms with E-state index in [-0.39, 0.29) is 17.9 Å². The molecule has 2 aromatic carbocycles. The number of hydrogen-bond acceptors (Lipinski definition) is 2. The van der Waals surface area contributed by atoms with E-state index >= 15 is 0 Å². The monoisotopic (exact) mass is 392 g/mol. The molecule has 29 heavy (non-hydrogen) atoms. The van der Waals surface area contributed by atoms with Gasteiger partial charge in [0.15, 0.2) is 0 Å². The number of nitrogens with zero attached hydrogens (tertiary/aromatic N) is 1. The summed E-state index contributed by atoms with van der Waals surface area (Å²) in [5.41, 5.74) is 4.30. The normalized spacial score (nSPS) is 15.1. The van der Waals surface area contributed by atoms with Crippen molar-refractivity contribution in [2.24, 2.45) is 0 Å². The number of carbonyl (C=O) groups excluding carboxylic acids is 2. The lowest BCUT2D eigenvalue weighted by atomic mass is 10.0. The van der Waals surface area contributed by atoms with Crippen molar-refractivity contribution >= 4 is 11.8 Å². The zero-order chi connectivity index (χ0) is 20.8. The molecule has 1 fully saturated rings. The van der Waals surface area contributed by atoms with Crippen LogP contribution in [0, 0.1) is 13.8 Å². The Morgan fingerprint density at radius 2 is 1.76 bits per heavy atom. The van der Waals surface area contributed by atoms with Gasteiger partial charge in [-0.15, -0.1) is 0 Å². The summed E-state index contributed by atoms with van der Waals surface area (Å²) in [7, 11) is 0. The summed E-state index contributed by atoms with van der Waals surface area (Å²) in [4.78, 5) is 27.9. The van der Waals surface area contributed by atoms with Crippen LogP contribution >= 0.6 is 0 Å². The Balaban J connectivity index is 1.78. The van der Waals surface area contributed by atoms with E-state index in [1.807, 2.05) is 51.1 Å². The number of benzene rings is 2. The van der Waals surface area contributed by atoms with E-state index in [0.717, 1.165) is 35.1 Å². The van der Waals surface area contributed by atoms with E-state index in [0.29, 0.717) is 13.0 Å². The minimum Gasteiger partial charge on any atom is -0.352 e. The lowest BCUT2D eigenvalue weighted by Crippen LogP contribution is -2.50. The summed E-state index contributed by atoms with van der Waals surface area (Å²) in [5, 5.41) is 3.15. The van der Waals surface area contributed by atoms with E-state index < -0.39 is 6.04 Å². The first-order valence-electron chi connectivity index (χ1n) is 10.6. The molecule has 0 heterocycles. The molecular formula is C25H32N2O2. The molecule has 0 aromatic heterocycles. The van der Waals surface area contributed by atoms with Crippen molar-refractivity contribution in [3.05, 3.63) is 70.8 Å². The number of nitrogens with one attached hydrogen (secondary N) is 1. The van der Waals surface area contributed by atoms with Gasteiger partial charge in [0.25, 0.3) is 0 Å². The number of carbonyl (C=O) groups is 2. The topological polar surface area (TPSA) is 49.4 Å². The smallest absolute Gasteiger partial charge is 0.242 e. The molecule has 1 N–H and O–H groups in total. The first-order chi connectivity index (χ1) is 13.9. The first kappa shape index (κ1) is 21.1. The van der Waals surface area contributed by atoms with Crippen LogP contribution in [0.3, 0.4) is 0 Å². The maximum absolute atomic E-state index is 13.3. The minimum absolute atomic E-state index is 0.0170. The van der Waals surface area contributed by atoms with Gasteiger partial charge in [0.1, 0.15) is 6.04 Å². The molecular weight excluding hydrogens is 360 g/mol. The highest BCUT2D eigenvalue weighted by Crippen LogP contribution is 2.19. The molecule has 4 nitrogen and oxygen atoms in total. The number of amides is 2. The van der Waals surface area contributed by atoms with Crippen molar-refractivity contribution in [2.45, 2.75) is 71.5 Å². The van der Waals surface area contributed by atoms with E-state index in [1.54, 1.807) is 4.90 Å². The molecule has 1 saturated carbocycles. The first-order valence-corrected chi connectivity index (χ1v) is 10.6. The Bertz CT molecular complexity index is 841. The largest absolute Gasteiger partial charge is 0.352 e. The molecule has 0 saturated heterocycles. The molecule has 4 heteroatoms. The summed E-state index contributed by atoms with van der Waals surface area (Å²) in [6, 6.07) is 15.8. The van der Waals surface area contributed by atoms with Gasteiger partial charge in [-0.3, -0.25) is 9.59 Å². The maximum Gasteiger partial charge on any atom is 0.242 e. The van der Waals surface area contributed by atoms with Gasteiger partial charge in [-0.25, -0.2) is 0 Å². The predicted octanol–water partition coefficient (Wildman–Crippen LogP) is 4.32. The second kappa shape index (κ2) is 9.73. The van der Waals surface area contributed by atoms with Crippen molar-refractivity contribution < 1.29 is 9.59 Å². The Labute approximate surface area is 174 Å². The fraction of sp³-hybridized carbons (Fsp3) is 0.440. The highest BCUT2D eigenvalue weighted by molar-refractivity contribution is 5.88. The van der Waals surface area contributed by atoms with Crippen LogP contribution < -0.4 is 5.32 Å². The standard InChI is InChI=1S/C25H32N2O2/c1-18-13-14-19(2)22(15-18)16-24(28)27(17-21-9-5-4-6-10-21)20(3)25(29)26-23-11-7-8-12-23/h4-6,9-10,13-15,20,23H,7-8,11-12,16-17H2,1-3H3,(H,26,29). The van der Waals surface area contributed by atoms with Crippen molar-refractivity contribution in [1.29, 1.82) is 0 Å². The van der Waals surface area contributed by atoms with Crippen molar-refractivity contribution in [3.8, 4) is 0 Å². The SMILES string of the molecule is Cc1ccc(C)c(CC(=O)N(Cc2ccccc2)C(C)C(=O)NC2CCCC2)c1. The van der Waals surface area contributed by atoms with Gasteiger partial charge in [0.05, 0.1) is 6.42 Å². The second-order valence-electron chi connectivity index (χ2n) is 8.28. The number of aryl methyl sites for hydroxylation is 2. The van der Waals surface area contributed by atoms with Gasteiger partial charge in [0.2, 0.25) is 11.8 Å². The van der Waals surface area contributed by atoms with Crippen LogP contribution in [0.25, 0.3) is 0 Å². The average molecular weight is 393 g/mol. The molecule has 1 atom stereocenters. The van der Waals surface area contributed by atoms with E-state index in [4.69, 9.17) is 0 Å². The molecule has 1 aliphatic carbocycles. The average Bonchev–Trinajstić information content (AvgIpc) is 3.22. The molecule has 0 spiro atoms. The van der Waals surface area contributed by atoms with E-state index in [9.17, 15) is 9.59 Å². The van der Waals surface area contributed by atoms with Gasteiger partial charge in [-0.05, 0) is 50.3 Å². The maximum atomic E-state index is 13.3. The van der Waals surface area contributed by atoms with Crippen LogP contribution in [-0.2, 0) is 22.6 Å². The second-order valence-corrected chi connectivity index (χ2v) is 8.28. The van der Waals surface area contributed by atoms with Crippen LogP contribution in [0.2, 0.25) is 0 Å². The minimum atomic E-state index is -0.506. The molecule has 154 valence electrons. The lowest BCUT2D eigenvalue weighted by molar-refractivity contribution is -0.140. The molecule has 1 aliphatic rings. The van der Waals surface area contributed by atoms with Gasteiger partial charge in [-0.2, -0.15) is 0 Å². The van der Waals surface area contributed by atoms with Crippen LogP contribution in [0.4, 0.5) is 0 Å². The summed E-state index contributed by atoms with van der Waals surface area (Å²) in [5.74, 6) is -0.0706. The zero-order valence-corrected chi connectivity index (χ0v) is 17.8. The zero-order valence-electron chi connectivity index (χ0n) is 17.8. The summed E-state index contributed by atoms with van der Waals surface area (Å²) in [6.45, 7) is 6.34. The summed E-state index contributed by atoms with van der Waals surface area (Å²) < 4.78 is 0. The molecule has 2 amide bonds. The summed E-state index contributed by atoms with van der Waals surface area (Å²) >= 11 is 0. The van der Waals surface area contributed by atoms with Crippen LogP contribution in [-0.4, -0.2) is 28.8 Å². The Morgan fingerprint density at radius 3 is 2.45 bits per heavy atom. The molecule has 0 radical (unpaired) electrons. The van der Waals surface area contributed by atoms with Crippen molar-refractivity contribution in [3.63, 3.8) is 0 Å².